The van der Waals surface area contributed by atoms with Gasteiger partial charge in [-0.25, -0.2) is 5.43 Å². The minimum atomic E-state index is -0.230. The van der Waals surface area contributed by atoms with E-state index in [1.807, 2.05) is 37.3 Å². The van der Waals surface area contributed by atoms with Gasteiger partial charge in [-0.15, -0.1) is 0 Å². The van der Waals surface area contributed by atoms with Crippen LogP contribution in [0.25, 0.3) is 0 Å². The van der Waals surface area contributed by atoms with Crippen molar-refractivity contribution in [2.75, 3.05) is 6.61 Å². The highest BCUT2D eigenvalue weighted by molar-refractivity contribution is 5.99. The zero-order chi connectivity index (χ0) is 14.2. The van der Waals surface area contributed by atoms with Crippen molar-refractivity contribution in [3.8, 4) is 0 Å². The van der Waals surface area contributed by atoms with Crippen LogP contribution >= 0.6 is 0 Å². The fourth-order valence-corrected chi connectivity index (χ4v) is 2.02. The maximum absolute atomic E-state index is 11.7. The number of hydrogen-bond acceptors (Lipinski definition) is 3. The first kappa shape index (κ1) is 14.3. The molecule has 0 saturated heterocycles. The Hall–Kier alpha value is -2.10. The second kappa shape index (κ2) is 7.48. The minimum Gasteiger partial charge on any atom is -0.488 e. The standard InChI is InChI=1S/C16H20N2O2/c1-13(14-8-4-2-5-9-14)17-18-16(19)12-20-15-10-6-3-7-11-15/h2,4-5,8-10H,3,6-7,11-12H2,1H3,(H,18,19)/b17-13-. The van der Waals surface area contributed by atoms with Crippen LogP contribution in [-0.2, 0) is 9.53 Å². The molecular formula is C16H20N2O2. The maximum Gasteiger partial charge on any atom is 0.277 e. The molecule has 4 heteroatoms. The molecule has 1 aliphatic carbocycles. The van der Waals surface area contributed by atoms with Crippen molar-refractivity contribution in [2.45, 2.75) is 32.6 Å². The number of hydrazone groups is 1. The third-order valence-electron chi connectivity index (χ3n) is 3.18. The highest BCUT2D eigenvalue weighted by Crippen LogP contribution is 2.17. The molecule has 1 aliphatic rings. The van der Waals surface area contributed by atoms with E-state index < -0.39 is 0 Å². The molecule has 0 aromatic heterocycles. The number of benzene rings is 1. The van der Waals surface area contributed by atoms with Gasteiger partial charge in [-0.1, -0.05) is 30.3 Å². The highest BCUT2D eigenvalue weighted by atomic mass is 16.5. The zero-order valence-electron chi connectivity index (χ0n) is 11.8. The van der Waals surface area contributed by atoms with Crippen molar-refractivity contribution in [2.24, 2.45) is 5.10 Å². The average Bonchev–Trinajstić information content (AvgIpc) is 2.52. The Morgan fingerprint density at radius 1 is 1.30 bits per heavy atom. The van der Waals surface area contributed by atoms with Crippen LogP contribution in [0.1, 0.15) is 38.2 Å². The summed E-state index contributed by atoms with van der Waals surface area (Å²) >= 11 is 0. The predicted molar refractivity (Wildman–Crippen MR) is 79.3 cm³/mol. The number of nitrogens with one attached hydrogen (secondary N) is 1. The summed E-state index contributed by atoms with van der Waals surface area (Å²) in [6.07, 6.45) is 6.38. The second-order valence-electron chi connectivity index (χ2n) is 4.80. The van der Waals surface area contributed by atoms with E-state index in [0.29, 0.717) is 0 Å². The fraction of sp³-hybridized carbons (Fsp3) is 0.375. The van der Waals surface area contributed by atoms with Gasteiger partial charge < -0.3 is 4.74 Å². The van der Waals surface area contributed by atoms with E-state index >= 15 is 0 Å². The summed E-state index contributed by atoms with van der Waals surface area (Å²) in [5, 5.41) is 4.08. The van der Waals surface area contributed by atoms with Gasteiger partial charge in [0, 0.05) is 6.42 Å². The molecular weight excluding hydrogens is 252 g/mol. The van der Waals surface area contributed by atoms with Gasteiger partial charge in [0.1, 0.15) is 0 Å². The molecule has 1 amide bonds. The van der Waals surface area contributed by atoms with Crippen LogP contribution in [0.15, 0.2) is 47.3 Å². The van der Waals surface area contributed by atoms with E-state index in [1.54, 1.807) is 0 Å². The number of rotatable bonds is 5. The minimum absolute atomic E-state index is 0.0252. The molecule has 0 spiro atoms. The van der Waals surface area contributed by atoms with Gasteiger partial charge in [-0.3, -0.25) is 4.79 Å². The molecule has 0 heterocycles. The van der Waals surface area contributed by atoms with Crippen LogP contribution in [0.4, 0.5) is 0 Å². The lowest BCUT2D eigenvalue weighted by Crippen LogP contribution is -2.24. The van der Waals surface area contributed by atoms with Crippen molar-refractivity contribution in [1.29, 1.82) is 0 Å². The van der Waals surface area contributed by atoms with Gasteiger partial charge in [0.25, 0.3) is 5.91 Å². The molecule has 0 unspecified atom stereocenters. The summed E-state index contributed by atoms with van der Waals surface area (Å²) in [4.78, 5) is 11.7. The van der Waals surface area contributed by atoms with Gasteiger partial charge in [0.2, 0.25) is 0 Å². The third kappa shape index (κ3) is 4.53. The summed E-state index contributed by atoms with van der Waals surface area (Å²) in [6, 6.07) is 9.73. The van der Waals surface area contributed by atoms with Crippen LogP contribution < -0.4 is 5.43 Å². The lowest BCUT2D eigenvalue weighted by atomic mass is 10.1. The quantitative estimate of drug-likeness (QED) is 0.661. The van der Waals surface area contributed by atoms with Gasteiger partial charge in [-0.05, 0) is 37.8 Å². The first-order valence-electron chi connectivity index (χ1n) is 6.96. The molecule has 0 aliphatic heterocycles. The predicted octanol–water partition coefficient (Wildman–Crippen LogP) is 3.00. The number of amides is 1. The van der Waals surface area contributed by atoms with Crippen LogP contribution in [0.5, 0.6) is 0 Å². The zero-order valence-corrected chi connectivity index (χ0v) is 11.8. The molecule has 1 aromatic carbocycles. The molecule has 2 rings (SSSR count). The smallest absolute Gasteiger partial charge is 0.277 e. The monoisotopic (exact) mass is 272 g/mol. The highest BCUT2D eigenvalue weighted by Gasteiger charge is 2.07. The molecule has 106 valence electrons. The van der Waals surface area contributed by atoms with E-state index in [0.717, 1.165) is 36.3 Å². The number of carbonyl (C=O) groups is 1. The molecule has 0 radical (unpaired) electrons. The van der Waals surface area contributed by atoms with E-state index in [-0.39, 0.29) is 12.5 Å². The lowest BCUT2D eigenvalue weighted by Gasteiger charge is -2.13. The molecule has 20 heavy (non-hydrogen) atoms. The largest absolute Gasteiger partial charge is 0.488 e. The Labute approximate surface area is 119 Å². The summed E-state index contributed by atoms with van der Waals surface area (Å²) in [5.74, 6) is 0.696. The normalized spacial score (nSPS) is 15.4. The molecule has 0 fully saturated rings. The van der Waals surface area contributed by atoms with Crippen molar-refractivity contribution in [3.63, 3.8) is 0 Å². The van der Waals surface area contributed by atoms with Crippen molar-refractivity contribution >= 4 is 11.6 Å². The van der Waals surface area contributed by atoms with Crippen molar-refractivity contribution < 1.29 is 9.53 Å². The van der Waals surface area contributed by atoms with Gasteiger partial charge >= 0.3 is 0 Å². The van der Waals surface area contributed by atoms with Crippen LogP contribution in [-0.4, -0.2) is 18.2 Å². The first-order chi connectivity index (χ1) is 9.75. The Morgan fingerprint density at radius 2 is 2.10 bits per heavy atom. The van der Waals surface area contributed by atoms with E-state index in [9.17, 15) is 4.79 Å². The number of nitrogens with zero attached hydrogens (tertiary/aromatic N) is 1. The molecule has 1 N–H and O–H groups in total. The Balaban J connectivity index is 1.78. The van der Waals surface area contributed by atoms with Crippen molar-refractivity contribution in [1.82, 2.24) is 5.43 Å². The summed E-state index contributed by atoms with van der Waals surface area (Å²) in [6.45, 7) is 1.89. The topological polar surface area (TPSA) is 50.7 Å². The molecule has 0 saturated carbocycles. The number of allylic oxidation sites excluding steroid dienone is 2. The van der Waals surface area contributed by atoms with Crippen LogP contribution in [0.2, 0.25) is 0 Å². The Morgan fingerprint density at radius 3 is 2.80 bits per heavy atom. The molecule has 0 bridgehead atoms. The van der Waals surface area contributed by atoms with Crippen LogP contribution in [0.3, 0.4) is 0 Å². The maximum atomic E-state index is 11.7. The van der Waals surface area contributed by atoms with E-state index in [2.05, 4.69) is 16.6 Å². The van der Waals surface area contributed by atoms with Crippen molar-refractivity contribution in [3.05, 3.63) is 47.7 Å². The Kier molecular flexibility index (Phi) is 5.35. The fourth-order valence-electron chi connectivity index (χ4n) is 2.02. The summed E-state index contributed by atoms with van der Waals surface area (Å²) < 4.78 is 5.46. The van der Waals surface area contributed by atoms with Gasteiger partial charge in [0.05, 0.1) is 11.5 Å². The van der Waals surface area contributed by atoms with E-state index in [4.69, 9.17) is 4.74 Å². The number of hydrogen-bond donors (Lipinski definition) is 1. The Bertz CT molecular complexity index is 506. The third-order valence-corrected chi connectivity index (χ3v) is 3.18. The first-order valence-corrected chi connectivity index (χ1v) is 6.96. The molecule has 0 atom stereocenters. The summed E-state index contributed by atoms with van der Waals surface area (Å²) in [5.41, 5.74) is 4.28. The van der Waals surface area contributed by atoms with Gasteiger partial charge in [-0.2, -0.15) is 5.10 Å². The van der Waals surface area contributed by atoms with E-state index in [1.165, 1.54) is 6.42 Å². The summed E-state index contributed by atoms with van der Waals surface area (Å²) in [7, 11) is 0. The average molecular weight is 272 g/mol. The SMILES string of the molecule is C/C(=N/NC(=O)COC1=CCCCC1)c1ccccc1. The molecule has 1 aromatic rings. The lowest BCUT2D eigenvalue weighted by molar-refractivity contribution is -0.124. The number of ether oxygens (including phenoxy) is 1. The number of carbonyl (C=O) groups excluding carboxylic acids is 1. The van der Waals surface area contributed by atoms with Crippen LogP contribution in [0, 0.1) is 0 Å². The second-order valence-corrected chi connectivity index (χ2v) is 4.80. The molecule has 4 nitrogen and oxygen atoms in total. The van der Waals surface area contributed by atoms with Gasteiger partial charge in [0.15, 0.2) is 6.61 Å².